The van der Waals surface area contributed by atoms with Crippen LogP contribution in [0.3, 0.4) is 0 Å². The zero-order chi connectivity index (χ0) is 29.5. The molecule has 1 fully saturated rings. The van der Waals surface area contributed by atoms with Crippen LogP contribution < -0.4 is 9.64 Å². The maximum absolute atomic E-state index is 14.0. The molecule has 0 radical (unpaired) electrons. The fourth-order valence-electron chi connectivity index (χ4n) is 5.12. The third-order valence-corrected chi connectivity index (χ3v) is 7.58. The first kappa shape index (κ1) is 30.1. The number of halogens is 1. The third-order valence-electron chi connectivity index (χ3n) is 7.05. The summed E-state index contributed by atoms with van der Waals surface area (Å²) >= 11 is 3.48. The molecule has 4 atom stereocenters. The van der Waals surface area contributed by atoms with Gasteiger partial charge in [-0.15, -0.1) is 0 Å². The molecule has 0 spiro atoms. The van der Waals surface area contributed by atoms with Gasteiger partial charge in [-0.1, -0.05) is 58.4 Å². The highest BCUT2D eigenvalue weighted by Gasteiger charge is 2.46. The van der Waals surface area contributed by atoms with Crippen molar-refractivity contribution in [2.45, 2.75) is 44.2 Å². The molecular formula is C31H33BrN2O7. The van der Waals surface area contributed by atoms with Crippen molar-refractivity contribution in [3.8, 4) is 5.75 Å². The highest BCUT2D eigenvalue weighted by atomic mass is 79.9. The second-order valence-corrected chi connectivity index (χ2v) is 10.7. The van der Waals surface area contributed by atoms with Gasteiger partial charge in [-0.25, -0.2) is 4.79 Å². The summed E-state index contributed by atoms with van der Waals surface area (Å²) in [5.41, 5.74) is 2.40. The molecule has 1 aliphatic heterocycles. The number of aliphatic hydroxyl groups is 1. The molecule has 10 heteroatoms. The number of aliphatic hydroxyl groups excluding tert-OH is 1. The quantitative estimate of drug-likeness (QED) is 0.333. The Kier molecular flexibility index (Phi) is 10.0. The summed E-state index contributed by atoms with van der Waals surface area (Å²) in [6.07, 6.45) is -2.18. The number of rotatable bonds is 10. The second-order valence-electron chi connectivity index (χ2n) is 9.75. The number of hydrogen-bond donors (Lipinski definition) is 1. The summed E-state index contributed by atoms with van der Waals surface area (Å²) in [7, 11) is 2.83. The van der Waals surface area contributed by atoms with Gasteiger partial charge in [0.15, 0.2) is 6.10 Å². The smallest absolute Gasteiger partial charge is 0.328 e. The molecule has 9 nitrogen and oxygen atoms in total. The number of esters is 2. The average Bonchev–Trinajstić information content (AvgIpc) is 3.40. The summed E-state index contributed by atoms with van der Waals surface area (Å²) in [6, 6.07) is 22.6. The maximum atomic E-state index is 14.0. The van der Waals surface area contributed by atoms with E-state index in [-0.39, 0.29) is 13.0 Å². The van der Waals surface area contributed by atoms with E-state index in [1.165, 1.54) is 18.9 Å². The Labute approximate surface area is 247 Å². The fraction of sp³-hybridized carbons (Fsp3) is 0.323. The number of methoxy groups -OCH3 is 2. The van der Waals surface area contributed by atoms with E-state index >= 15 is 0 Å². The summed E-state index contributed by atoms with van der Waals surface area (Å²) in [6.45, 7) is 1.59. The van der Waals surface area contributed by atoms with Gasteiger partial charge in [0.05, 0.1) is 26.8 Å². The summed E-state index contributed by atoms with van der Waals surface area (Å²) in [4.78, 5) is 41.5. The van der Waals surface area contributed by atoms with Crippen LogP contribution in [0.2, 0.25) is 0 Å². The standard InChI is InChI=1S/C31H33BrN2O7/c1-20(35)41-26-17-27(31(38)40-3)34(19-26)30(37)29(36)28(22-7-5-4-6-8-22)33(24-13-11-23(32)12-14-24)18-21-9-15-25(39-2)16-10-21/h4-16,26-29,36H,17-19H2,1-3H3/t26-,27-,28-,29-/m0/s1. The van der Waals surface area contributed by atoms with Gasteiger partial charge in [0.2, 0.25) is 0 Å². The van der Waals surface area contributed by atoms with Gasteiger partial charge in [0.1, 0.15) is 17.9 Å². The molecule has 1 N–H and O–H groups in total. The summed E-state index contributed by atoms with van der Waals surface area (Å²) < 4.78 is 16.4. The van der Waals surface area contributed by atoms with Crippen molar-refractivity contribution >= 4 is 39.5 Å². The van der Waals surface area contributed by atoms with Crippen LogP contribution in [0.25, 0.3) is 0 Å². The van der Waals surface area contributed by atoms with E-state index < -0.39 is 42.1 Å². The lowest BCUT2D eigenvalue weighted by Crippen LogP contribution is -2.50. The van der Waals surface area contributed by atoms with E-state index in [2.05, 4.69) is 15.9 Å². The molecule has 0 bridgehead atoms. The van der Waals surface area contributed by atoms with Crippen LogP contribution in [-0.2, 0) is 30.4 Å². The van der Waals surface area contributed by atoms with E-state index in [0.29, 0.717) is 17.9 Å². The van der Waals surface area contributed by atoms with Crippen LogP contribution in [0.5, 0.6) is 5.75 Å². The van der Waals surface area contributed by atoms with Crippen molar-refractivity contribution in [1.29, 1.82) is 0 Å². The van der Waals surface area contributed by atoms with Crippen LogP contribution in [-0.4, -0.2) is 66.9 Å². The number of nitrogens with zero attached hydrogens (tertiary/aromatic N) is 2. The van der Waals surface area contributed by atoms with Gasteiger partial charge in [0.25, 0.3) is 5.91 Å². The Bertz CT molecular complexity index is 1330. The highest BCUT2D eigenvalue weighted by Crippen LogP contribution is 2.35. The van der Waals surface area contributed by atoms with Crippen molar-refractivity contribution in [2.24, 2.45) is 0 Å². The van der Waals surface area contributed by atoms with Gasteiger partial charge in [-0.2, -0.15) is 0 Å². The summed E-state index contributed by atoms with van der Waals surface area (Å²) in [5, 5.41) is 11.9. The van der Waals surface area contributed by atoms with Crippen molar-refractivity contribution in [3.63, 3.8) is 0 Å². The molecule has 216 valence electrons. The lowest BCUT2D eigenvalue weighted by molar-refractivity contribution is -0.154. The summed E-state index contributed by atoms with van der Waals surface area (Å²) in [5.74, 6) is -1.11. The lowest BCUT2D eigenvalue weighted by Gasteiger charge is -2.38. The highest BCUT2D eigenvalue weighted by molar-refractivity contribution is 9.10. The SMILES string of the molecule is COC(=O)[C@@H]1C[C@H](OC(C)=O)CN1C(=O)[C@@H](O)[C@H](c1ccccc1)N(Cc1ccc(OC)cc1)c1ccc(Br)cc1. The molecule has 0 unspecified atom stereocenters. The van der Waals surface area contributed by atoms with Gasteiger partial charge in [0, 0.05) is 30.0 Å². The minimum absolute atomic E-state index is 0.0342. The molecule has 41 heavy (non-hydrogen) atoms. The Morgan fingerprint density at radius 2 is 1.66 bits per heavy atom. The number of likely N-dealkylation sites (tertiary alicyclic amines) is 1. The minimum Gasteiger partial charge on any atom is -0.497 e. The Morgan fingerprint density at radius 3 is 2.24 bits per heavy atom. The van der Waals surface area contributed by atoms with Gasteiger partial charge in [-0.3, -0.25) is 9.59 Å². The zero-order valence-electron chi connectivity index (χ0n) is 23.1. The molecule has 3 aromatic rings. The number of hydrogen-bond acceptors (Lipinski definition) is 8. The molecule has 1 saturated heterocycles. The van der Waals surface area contributed by atoms with Crippen LogP contribution in [0, 0.1) is 0 Å². The Morgan fingerprint density at radius 1 is 1.00 bits per heavy atom. The number of benzene rings is 3. The maximum Gasteiger partial charge on any atom is 0.328 e. The first-order valence-electron chi connectivity index (χ1n) is 13.2. The molecule has 1 amide bonds. The zero-order valence-corrected chi connectivity index (χ0v) is 24.7. The first-order valence-corrected chi connectivity index (χ1v) is 13.9. The molecule has 4 rings (SSSR count). The van der Waals surface area contributed by atoms with Gasteiger partial charge >= 0.3 is 11.9 Å². The van der Waals surface area contributed by atoms with Crippen LogP contribution in [0.15, 0.2) is 83.3 Å². The number of carbonyl (C=O) groups excluding carboxylic acids is 3. The van der Waals surface area contributed by atoms with Gasteiger partial charge < -0.3 is 29.1 Å². The van der Waals surface area contributed by atoms with E-state index in [1.54, 1.807) is 7.11 Å². The molecular weight excluding hydrogens is 592 g/mol. The minimum atomic E-state index is -1.58. The van der Waals surface area contributed by atoms with E-state index in [1.807, 2.05) is 83.8 Å². The predicted molar refractivity (Wildman–Crippen MR) is 156 cm³/mol. The van der Waals surface area contributed by atoms with Crippen molar-refractivity contribution in [1.82, 2.24) is 4.90 Å². The fourth-order valence-corrected chi connectivity index (χ4v) is 5.38. The number of ether oxygens (including phenoxy) is 3. The normalized spacial score (nSPS) is 17.8. The predicted octanol–water partition coefficient (Wildman–Crippen LogP) is 4.27. The van der Waals surface area contributed by atoms with Crippen molar-refractivity contribution in [3.05, 3.63) is 94.5 Å². The van der Waals surface area contributed by atoms with Crippen LogP contribution in [0.4, 0.5) is 5.69 Å². The first-order chi connectivity index (χ1) is 19.7. The number of carbonyl (C=O) groups is 3. The van der Waals surface area contributed by atoms with Crippen molar-refractivity contribution in [2.75, 3.05) is 25.7 Å². The van der Waals surface area contributed by atoms with Crippen LogP contribution in [0.1, 0.15) is 30.5 Å². The lowest BCUT2D eigenvalue weighted by atomic mass is 9.96. The third kappa shape index (κ3) is 7.25. The molecule has 1 heterocycles. The molecule has 0 aliphatic carbocycles. The molecule has 1 aliphatic rings. The molecule has 0 aromatic heterocycles. The Balaban J connectivity index is 1.75. The van der Waals surface area contributed by atoms with E-state index in [0.717, 1.165) is 15.7 Å². The molecule has 3 aromatic carbocycles. The Hall–Kier alpha value is -3.89. The van der Waals surface area contributed by atoms with Crippen LogP contribution >= 0.6 is 15.9 Å². The average molecular weight is 626 g/mol. The van der Waals surface area contributed by atoms with Gasteiger partial charge in [-0.05, 0) is 47.5 Å². The number of anilines is 1. The largest absolute Gasteiger partial charge is 0.497 e. The second kappa shape index (κ2) is 13.6. The number of amides is 1. The van der Waals surface area contributed by atoms with Crippen molar-refractivity contribution < 1.29 is 33.7 Å². The topological polar surface area (TPSA) is 106 Å². The molecule has 0 saturated carbocycles. The monoisotopic (exact) mass is 624 g/mol. The van der Waals surface area contributed by atoms with E-state index in [4.69, 9.17) is 14.2 Å². The van der Waals surface area contributed by atoms with E-state index in [9.17, 15) is 19.5 Å².